The van der Waals surface area contributed by atoms with Crippen LogP contribution in [-0.4, -0.2) is 17.4 Å². The number of halogens is 2. The Labute approximate surface area is 177 Å². The van der Waals surface area contributed by atoms with E-state index in [0.29, 0.717) is 21.6 Å². The number of thiophene rings is 1. The third kappa shape index (κ3) is 3.48. The number of carbonyl (C=O) groups excluding carboxylic acids is 1. The van der Waals surface area contributed by atoms with E-state index in [0.717, 1.165) is 38.7 Å². The zero-order chi connectivity index (χ0) is 19.8. The van der Waals surface area contributed by atoms with Crippen LogP contribution in [-0.2, 0) is 0 Å². The molecule has 1 amide bonds. The fourth-order valence-corrected chi connectivity index (χ4v) is 4.91. The van der Waals surface area contributed by atoms with Gasteiger partial charge in [0, 0.05) is 32.7 Å². The van der Waals surface area contributed by atoms with Gasteiger partial charge in [-0.15, -0.1) is 11.3 Å². The largest absolute Gasteiger partial charge is 0.308 e. The Morgan fingerprint density at radius 2 is 1.93 bits per heavy atom. The molecule has 0 aliphatic heterocycles. The summed E-state index contributed by atoms with van der Waals surface area (Å²) in [6, 6.07) is 15.3. The van der Waals surface area contributed by atoms with Crippen molar-refractivity contribution in [2.45, 2.75) is 20.3 Å². The number of benzene rings is 2. The highest BCUT2D eigenvalue weighted by molar-refractivity contribution is 7.22. The van der Waals surface area contributed by atoms with Crippen molar-refractivity contribution in [1.29, 1.82) is 0 Å². The molecule has 0 saturated heterocycles. The molecule has 3 nitrogen and oxygen atoms in total. The molecule has 0 unspecified atom stereocenters. The van der Waals surface area contributed by atoms with Crippen LogP contribution in [0.25, 0.3) is 21.0 Å². The fourth-order valence-electron chi connectivity index (χ4n) is 3.29. The summed E-state index contributed by atoms with van der Waals surface area (Å²) >= 11 is 14.0. The summed E-state index contributed by atoms with van der Waals surface area (Å²) in [4.78, 5) is 20.3. The van der Waals surface area contributed by atoms with Gasteiger partial charge in [0.1, 0.15) is 5.15 Å². The normalized spacial score (nSPS) is 11.3. The van der Waals surface area contributed by atoms with E-state index in [9.17, 15) is 4.79 Å². The van der Waals surface area contributed by atoms with Crippen LogP contribution < -0.4 is 4.90 Å². The van der Waals surface area contributed by atoms with Gasteiger partial charge in [0.2, 0.25) is 0 Å². The number of pyridine rings is 1. The molecule has 2 heterocycles. The van der Waals surface area contributed by atoms with Gasteiger partial charge in [0.05, 0.1) is 10.4 Å². The molecule has 0 aliphatic rings. The van der Waals surface area contributed by atoms with Crippen LogP contribution in [0.3, 0.4) is 0 Å². The third-order valence-electron chi connectivity index (χ3n) is 4.59. The first-order valence-electron chi connectivity index (χ1n) is 9.04. The molecule has 2 aromatic carbocycles. The van der Waals surface area contributed by atoms with E-state index < -0.39 is 0 Å². The highest BCUT2D eigenvalue weighted by atomic mass is 35.5. The van der Waals surface area contributed by atoms with Gasteiger partial charge in [-0.05, 0) is 49.7 Å². The molecule has 0 atom stereocenters. The van der Waals surface area contributed by atoms with Crippen molar-refractivity contribution < 1.29 is 4.79 Å². The SMILES string of the molecule is CCCN(C(=O)c1cc2c(Cl)nc3ccc(C)cc3c2s1)c1cccc(Cl)c1. The van der Waals surface area contributed by atoms with Crippen molar-refractivity contribution in [2.75, 3.05) is 11.4 Å². The van der Waals surface area contributed by atoms with Crippen LogP contribution in [0.4, 0.5) is 5.69 Å². The van der Waals surface area contributed by atoms with E-state index >= 15 is 0 Å². The lowest BCUT2D eigenvalue weighted by Crippen LogP contribution is -2.31. The van der Waals surface area contributed by atoms with Crippen molar-refractivity contribution in [2.24, 2.45) is 0 Å². The summed E-state index contributed by atoms with van der Waals surface area (Å²) in [5.74, 6) is -0.0535. The van der Waals surface area contributed by atoms with Crippen LogP contribution in [0.2, 0.25) is 10.2 Å². The minimum atomic E-state index is -0.0535. The van der Waals surface area contributed by atoms with Gasteiger partial charge in [-0.2, -0.15) is 0 Å². The van der Waals surface area contributed by atoms with Crippen LogP contribution in [0, 0.1) is 6.92 Å². The maximum Gasteiger partial charge on any atom is 0.268 e. The number of anilines is 1. The second-order valence-corrected chi connectivity index (χ2v) is 8.56. The van der Waals surface area contributed by atoms with E-state index in [-0.39, 0.29) is 5.91 Å². The van der Waals surface area contributed by atoms with Crippen molar-refractivity contribution in [1.82, 2.24) is 4.98 Å². The topological polar surface area (TPSA) is 33.2 Å². The summed E-state index contributed by atoms with van der Waals surface area (Å²) in [5.41, 5.74) is 2.77. The number of fused-ring (bicyclic) bond motifs is 3. The Balaban J connectivity index is 1.85. The zero-order valence-corrected chi connectivity index (χ0v) is 17.8. The second kappa shape index (κ2) is 7.70. The number of nitrogens with zero attached hydrogens (tertiary/aromatic N) is 2. The molecule has 4 aromatic rings. The minimum Gasteiger partial charge on any atom is -0.308 e. The molecule has 0 aliphatic carbocycles. The van der Waals surface area contributed by atoms with Crippen LogP contribution >= 0.6 is 34.5 Å². The lowest BCUT2D eigenvalue weighted by Gasteiger charge is -2.21. The van der Waals surface area contributed by atoms with Gasteiger partial charge in [-0.25, -0.2) is 4.98 Å². The first-order valence-corrected chi connectivity index (χ1v) is 10.6. The zero-order valence-electron chi connectivity index (χ0n) is 15.5. The molecule has 0 bridgehead atoms. The number of hydrogen-bond acceptors (Lipinski definition) is 3. The van der Waals surface area contributed by atoms with E-state index in [2.05, 4.69) is 11.1 Å². The van der Waals surface area contributed by atoms with E-state index in [4.69, 9.17) is 23.2 Å². The van der Waals surface area contributed by atoms with Gasteiger partial charge in [-0.3, -0.25) is 4.79 Å². The Kier molecular flexibility index (Phi) is 5.28. The Morgan fingerprint density at radius 1 is 1.11 bits per heavy atom. The third-order valence-corrected chi connectivity index (χ3v) is 6.27. The predicted octanol–water partition coefficient (Wildman–Crippen LogP) is 7.12. The summed E-state index contributed by atoms with van der Waals surface area (Å²) in [6.45, 7) is 4.70. The average Bonchev–Trinajstić information content (AvgIpc) is 3.13. The molecule has 4 rings (SSSR count). The first kappa shape index (κ1) is 19.2. The van der Waals surface area contributed by atoms with Gasteiger partial charge in [-0.1, -0.05) is 47.8 Å². The molecule has 6 heteroatoms. The quantitative estimate of drug-likeness (QED) is 0.324. The fraction of sp³-hybridized carbons (Fsp3) is 0.182. The van der Waals surface area contributed by atoms with Gasteiger partial charge < -0.3 is 4.90 Å². The minimum absolute atomic E-state index is 0.0535. The summed E-state index contributed by atoms with van der Waals surface area (Å²) in [7, 11) is 0. The number of amides is 1. The van der Waals surface area contributed by atoms with Crippen molar-refractivity contribution in [3.8, 4) is 0 Å². The Morgan fingerprint density at radius 3 is 2.68 bits per heavy atom. The molecule has 0 fully saturated rings. The summed E-state index contributed by atoms with van der Waals surface area (Å²) < 4.78 is 0.990. The number of rotatable bonds is 4. The smallest absolute Gasteiger partial charge is 0.268 e. The van der Waals surface area contributed by atoms with Gasteiger partial charge in [0.25, 0.3) is 5.91 Å². The lowest BCUT2D eigenvalue weighted by molar-refractivity contribution is 0.0991. The Hall–Kier alpha value is -2.14. The van der Waals surface area contributed by atoms with Crippen LogP contribution in [0.5, 0.6) is 0 Å². The summed E-state index contributed by atoms with van der Waals surface area (Å²) in [6.07, 6.45) is 0.841. The monoisotopic (exact) mass is 428 g/mol. The molecule has 0 radical (unpaired) electrons. The van der Waals surface area contributed by atoms with E-state index in [1.165, 1.54) is 11.3 Å². The molecule has 2 aromatic heterocycles. The van der Waals surface area contributed by atoms with Crippen LogP contribution in [0.1, 0.15) is 28.6 Å². The second-order valence-electron chi connectivity index (χ2n) is 6.71. The predicted molar refractivity (Wildman–Crippen MR) is 120 cm³/mol. The molecular formula is C22H18Cl2N2OS. The number of hydrogen-bond donors (Lipinski definition) is 0. The first-order chi connectivity index (χ1) is 13.5. The van der Waals surface area contributed by atoms with Crippen molar-refractivity contribution in [3.05, 3.63) is 69.1 Å². The van der Waals surface area contributed by atoms with Crippen molar-refractivity contribution in [3.63, 3.8) is 0 Å². The molecular weight excluding hydrogens is 411 g/mol. The standard InChI is InChI=1S/C22H18Cl2N2OS/c1-3-9-26(15-6-4-5-14(23)11-15)22(27)19-12-17-20(28-19)16-10-13(2)7-8-18(16)25-21(17)24/h4-8,10-12H,3,9H2,1-2H3. The Bertz CT molecular complexity index is 1200. The molecule has 142 valence electrons. The van der Waals surface area contributed by atoms with Gasteiger partial charge >= 0.3 is 0 Å². The van der Waals surface area contributed by atoms with E-state index in [1.807, 2.05) is 50.2 Å². The maximum atomic E-state index is 13.4. The molecule has 0 saturated carbocycles. The number of aryl methyl sites for hydroxylation is 1. The van der Waals surface area contributed by atoms with Crippen LogP contribution in [0.15, 0.2) is 48.5 Å². The lowest BCUT2D eigenvalue weighted by atomic mass is 10.1. The highest BCUT2D eigenvalue weighted by Crippen LogP contribution is 2.37. The molecule has 28 heavy (non-hydrogen) atoms. The number of aromatic nitrogens is 1. The molecule has 0 spiro atoms. The maximum absolute atomic E-state index is 13.4. The van der Waals surface area contributed by atoms with Gasteiger partial charge in [0.15, 0.2) is 0 Å². The van der Waals surface area contributed by atoms with E-state index in [1.54, 1.807) is 11.0 Å². The van der Waals surface area contributed by atoms with Crippen molar-refractivity contribution >= 4 is 67.1 Å². The molecule has 0 N–H and O–H groups in total. The summed E-state index contributed by atoms with van der Waals surface area (Å²) in [5, 5.41) is 2.87. The highest BCUT2D eigenvalue weighted by Gasteiger charge is 2.21. The average molecular weight is 429 g/mol. The number of carbonyl (C=O) groups is 1.